The molecule has 1 aromatic rings. The van der Waals surface area contributed by atoms with Crippen molar-refractivity contribution in [3.8, 4) is 0 Å². The number of carbonyl (C=O) groups excluding carboxylic acids is 1. The lowest BCUT2D eigenvalue weighted by molar-refractivity contribution is 0.00701. The van der Waals surface area contributed by atoms with Crippen molar-refractivity contribution >= 4 is 36.0 Å². The molecule has 0 aliphatic carbocycles. The van der Waals surface area contributed by atoms with Crippen LogP contribution in [0.5, 0.6) is 0 Å². The highest BCUT2D eigenvalue weighted by Gasteiger charge is 2.34. The summed E-state index contributed by atoms with van der Waals surface area (Å²) in [7, 11) is 1.71. The average Bonchev–Trinajstić information content (AvgIpc) is 2.95. The molecule has 2 rings (SSSR count). The van der Waals surface area contributed by atoms with E-state index in [1.807, 2.05) is 34.6 Å². The van der Waals surface area contributed by atoms with Gasteiger partial charge in [0.1, 0.15) is 5.60 Å². The molecule has 0 atom stereocenters. The summed E-state index contributed by atoms with van der Waals surface area (Å²) in [6.07, 6.45) is 0.339. The molecule has 0 saturated carbocycles. The van der Waals surface area contributed by atoms with Gasteiger partial charge in [0, 0.05) is 39.0 Å². The molecule has 0 bridgehead atoms. The molecule has 0 aromatic carbocycles. The average molecular weight is 494 g/mol. The number of hydrogen-bond donors (Lipinski definition) is 2. The molecule has 1 saturated heterocycles. The fourth-order valence-electron chi connectivity index (χ4n) is 2.33. The summed E-state index contributed by atoms with van der Waals surface area (Å²) in [6, 6.07) is 0.157. The molecule has 0 unspecified atom stereocenters. The summed E-state index contributed by atoms with van der Waals surface area (Å²) >= 11 is 0. The van der Waals surface area contributed by atoms with Crippen LogP contribution < -0.4 is 10.6 Å². The van der Waals surface area contributed by atoms with Crippen molar-refractivity contribution in [3.05, 3.63) is 11.7 Å². The summed E-state index contributed by atoms with van der Waals surface area (Å²) in [5.41, 5.74) is -0.475. The van der Waals surface area contributed by atoms with Crippen molar-refractivity contribution < 1.29 is 14.1 Å². The molecule has 2 heterocycles. The molecule has 27 heavy (non-hydrogen) atoms. The van der Waals surface area contributed by atoms with Crippen LogP contribution in [0.2, 0.25) is 0 Å². The number of amides is 1. The Morgan fingerprint density at radius 1 is 1.41 bits per heavy atom. The summed E-state index contributed by atoms with van der Waals surface area (Å²) in [5.74, 6) is 2.26. The highest BCUT2D eigenvalue weighted by Crippen LogP contribution is 2.15. The Labute approximate surface area is 177 Å². The van der Waals surface area contributed by atoms with Gasteiger partial charge in [0.15, 0.2) is 11.8 Å². The second-order valence-corrected chi connectivity index (χ2v) is 7.68. The van der Waals surface area contributed by atoms with E-state index in [2.05, 4.69) is 25.8 Å². The Bertz CT molecular complexity index is 635. The quantitative estimate of drug-likeness (QED) is 0.367. The zero-order valence-electron chi connectivity index (χ0n) is 16.9. The summed E-state index contributed by atoms with van der Waals surface area (Å²) in [4.78, 5) is 22.1. The molecule has 10 heteroatoms. The molecular formula is C17H31IN6O3. The van der Waals surface area contributed by atoms with Gasteiger partial charge in [-0.1, -0.05) is 19.0 Å². The first-order chi connectivity index (χ1) is 12.2. The third kappa shape index (κ3) is 7.51. The molecule has 1 aliphatic rings. The number of hydrogen-bond acceptors (Lipinski definition) is 6. The highest BCUT2D eigenvalue weighted by atomic mass is 127. The van der Waals surface area contributed by atoms with Gasteiger partial charge in [-0.3, -0.25) is 4.99 Å². The van der Waals surface area contributed by atoms with Gasteiger partial charge in [0.05, 0.1) is 6.04 Å². The largest absolute Gasteiger partial charge is 0.444 e. The van der Waals surface area contributed by atoms with Crippen LogP contribution in [0.25, 0.3) is 0 Å². The number of halogens is 1. The number of likely N-dealkylation sites (tertiary alicyclic amines) is 1. The first-order valence-electron chi connectivity index (χ1n) is 8.95. The molecular weight excluding hydrogens is 463 g/mol. The van der Waals surface area contributed by atoms with Gasteiger partial charge in [0.2, 0.25) is 5.89 Å². The van der Waals surface area contributed by atoms with Crippen molar-refractivity contribution in [1.29, 1.82) is 0 Å². The lowest BCUT2D eigenvalue weighted by Crippen LogP contribution is -2.63. The second kappa shape index (κ2) is 10.1. The number of guanidine groups is 1. The van der Waals surface area contributed by atoms with E-state index in [1.165, 1.54) is 0 Å². The molecule has 1 aromatic heterocycles. The van der Waals surface area contributed by atoms with Crippen LogP contribution in [-0.2, 0) is 11.2 Å². The van der Waals surface area contributed by atoms with Crippen LogP contribution in [0.15, 0.2) is 9.52 Å². The zero-order valence-corrected chi connectivity index (χ0v) is 19.2. The van der Waals surface area contributed by atoms with Crippen molar-refractivity contribution in [2.24, 2.45) is 4.99 Å². The van der Waals surface area contributed by atoms with E-state index in [4.69, 9.17) is 9.26 Å². The van der Waals surface area contributed by atoms with Gasteiger partial charge in [0.25, 0.3) is 0 Å². The lowest BCUT2D eigenvalue weighted by Gasteiger charge is -2.40. The number of nitrogens with one attached hydrogen (secondary N) is 2. The molecule has 0 radical (unpaired) electrons. The van der Waals surface area contributed by atoms with Gasteiger partial charge >= 0.3 is 6.09 Å². The fraction of sp³-hybridized carbons (Fsp3) is 0.765. The maximum atomic E-state index is 11.9. The maximum absolute atomic E-state index is 11.9. The van der Waals surface area contributed by atoms with Gasteiger partial charge < -0.3 is 24.8 Å². The normalized spacial score (nSPS) is 15.2. The van der Waals surface area contributed by atoms with Crippen molar-refractivity contribution in [1.82, 2.24) is 25.7 Å². The first-order valence-corrected chi connectivity index (χ1v) is 8.95. The van der Waals surface area contributed by atoms with Crippen LogP contribution >= 0.6 is 24.0 Å². The van der Waals surface area contributed by atoms with E-state index in [-0.39, 0.29) is 42.0 Å². The van der Waals surface area contributed by atoms with E-state index in [0.717, 1.165) is 5.82 Å². The zero-order chi connectivity index (χ0) is 19.3. The summed E-state index contributed by atoms with van der Waals surface area (Å²) in [6.45, 7) is 11.4. The SMILES string of the molecule is CN=C(NCCc1nc(C(C)C)no1)NC1CN(C(=O)OC(C)(C)C)C1.I. The van der Waals surface area contributed by atoms with Gasteiger partial charge in [-0.25, -0.2) is 4.79 Å². The number of aromatic nitrogens is 2. The molecule has 1 fully saturated rings. The van der Waals surface area contributed by atoms with E-state index >= 15 is 0 Å². The fourth-order valence-corrected chi connectivity index (χ4v) is 2.33. The van der Waals surface area contributed by atoms with Gasteiger partial charge in [-0.05, 0) is 20.8 Å². The second-order valence-electron chi connectivity index (χ2n) is 7.68. The first kappa shape index (κ1) is 23.4. The monoisotopic (exact) mass is 494 g/mol. The van der Waals surface area contributed by atoms with Crippen molar-refractivity contribution in [2.75, 3.05) is 26.7 Å². The van der Waals surface area contributed by atoms with Crippen LogP contribution in [-0.4, -0.2) is 65.4 Å². The Morgan fingerprint density at radius 2 is 2.07 bits per heavy atom. The standard InChI is InChI=1S/C17H30N6O3.HI/c1-11(2)14-21-13(26-22-14)7-8-19-15(18-6)20-12-9-23(10-12)16(24)25-17(3,4)5;/h11-12H,7-10H2,1-6H3,(H2,18,19,20);1H. The number of aliphatic imine (C=N–C) groups is 1. The topological polar surface area (TPSA) is 105 Å². The molecule has 1 amide bonds. The minimum atomic E-state index is -0.475. The van der Waals surface area contributed by atoms with Crippen molar-refractivity contribution in [2.45, 2.75) is 58.6 Å². The van der Waals surface area contributed by atoms with E-state index < -0.39 is 5.60 Å². The predicted molar refractivity (Wildman–Crippen MR) is 114 cm³/mol. The van der Waals surface area contributed by atoms with E-state index in [9.17, 15) is 4.79 Å². The molecule has 154 valence electrons. The molecule has 0 spiro atoms. The Hall–Kier alpha value is -1.59. The van der Waals surface area contributed by atoms with Crippen LogP contribution in [0.3, 0.4) is 0 Å². The van der Waals surface area contributed by atoms with Gasteiger partial charge in [-0.2, -0.15) is 4.98 Å². The third-order valence-electron chi connectivity index (χ3n) is 3.73. The minimum Gasteiger partial charge on any atom is -0.444 e. The highest BCUT2D eigenvalue weighted by molar-refractivity contribution is 14.0. The lowest BCUT2D eigenvalue weighted by atomic mass is 10.1. The Kier molecular flexibility index (Phi) is 8.76. The number of nitrogens with zero attached hydrogens (tertiary/aromatic N) is 4. The number of rotatable bonds is 5. The van der Waals surface area contributed by atoms with Crippen LogP contribution in [0, 0.1) is 0 Å². The Balaban J connectivity index is 0.00000364. The minimum absolute atomic E-state index is 0. The molecule has 1 aliphatic heterocycles. The summed E-state index contributed by atoms with van der Waals surface area (Å²) < 4.78 is 10.6. The van der Waals surface area contributed by atoms with E-state index in [1.54, 1.807) is 11.9 Å². The van der Waals surface area contributed by atoms with Crippen molar-refractivity contribution in [3.63, 3.8) is 0 Å². The maximum Gasteiger partial charge on any atom is 0.410 e. The van der Waals surface area contributed by atoms with Crippen LogP contribution in [0.1, 0.15) is 52.3 Å². The summed E-state index contributed by atoms with van der Waals surface area (Å²) in [5, 5.41) is 10.4. The number of carbonyl (C=O) groups is 1. The number of ether oxygens (including phenoxy) is 1. The smallest absolute Gasteiger partial charge is 0.410 e. The van der Waals surface area contributed by atoms with Gasteiger partial charge in [-0.15, -0.1) is 24.0 Å². The molecule has 2 N–H and O–H groups in total. The van der Waals surface area contributed by atoms with Crippen LogP contribution in [0.4, 0.5) is 4.79 Å². The third-order valence-corrected chi connectivity index (χ3v) is 3.73. The molecule has 9 nitrogen and oxygen atoms in total. The van der Waals surface area contributed by atoms with E-state index in [0.29, 0.717) is 37.9 Å². The Morgan fingerprint density at radius 3 is 2.59 bits per heavy atom. The predicted octanol–water partition coefficient (Wildman–Crippen LogP) is 2.14.